The molecule has 2 N–H and O–H groups in total. The molecule has 0 radical (unpaired) electrons. The lowest BCUT2D eigenvalue weighted by molar-refractivity contribution is 0.0528. The van der Waals surface area contributed by atoms with Crippen LogP contribution in [0.15, 0.2) is 9.85 Å². The fourth-order valence-corrected chi connectivity index (χ4v) is 2.13. The molecule has 0 amide bonds. The number of rotatable bonds is 2. The van der Waals surface area contributed by atoms with Gasteiger partial charge in [-0.3, -0.25) is 0 Å². The molecule has 3 nitrogen and oxygen atoms in total. The Hall–Kier alpha value is -0.550. The molecule has 0 aromatic carbocycles. The highest BCUT2D eigenvalue weighted by molar-refractivity contribution is 9.11. The van der Waals surface area contributed by atoms with Gasteiger partial charge in [-0.1, -0.05) is 0 Å². The molecule has 0 bridgehead atoms. The number of anilines is 1. The lowest BCUT2D eigenvalue weighted by Gasteiger charge is -1.98. The Morgan fingerprint density at radius 2 is 2.50 bits per heavy atom. The molecule has 66 valence electrons. The van der Waals surface area contributed by atoms with Gasteiger partial charge < -0.3 is 10.5 Å². The molecule has 1 heterocycles. The third kappa shape index (κ3) is 1.98. The van der Waals surface area contributed by atoms with E-state index in [9.17, 15) is 4.79 Å². The third-order valence-electron chi connectivity index (χ3n) is 1.23. The molecular weight excluding hydrogens is 242 g/mol. The van der Waals surface area contributed by atoms with E-state index in [2.05, 4.69) is 15.9 Å². The molecule has 12 heavy (non-hydrogen) atoms. The van der Waals surface area contributed by atoms with Crippen LogP contribution in [0.4, 0.5) is 5.00 Å². The van der Waals surface area contributed by atoms with Crippen LogP contribution in [-0.4, -0.2) is 12.6 Å². The molecule has 1 aromatic rings. The van der Waals surface area contributed by atoms with Gasteiger partial charge in [0.15, 0.2) is 0 Å². The lowest BCUT2D eigenvalue weighted by atomic mass is 10.3. The number of hydrogen-bond acceptors (Lipinski definition) is 4. The van der Waals surface area contributed by atoms with Crippen molar-refractivity contribution < 1.29 is 9.53 Å². The molecule has 0 fully saturated rings. The molecule has 1 aromatic heterocycles. The first kappa shape index (κ1) is 9.54. The Balaban J connectivity index is 2.87. The maximum Gasteiger partial charge on any atom is 0.341 e. The molecule has 0 unspecified atom stereocenters. The minimum atomic E-state index is -0.364. The predicted molar refractivity (Wildman–Crippen MR) is 52.4 cm³/mol. The van der Waals surface area contributed by atoms with Crippen molar-refractivity contribution in [1.29, 1.82) is 0 Å². The number of halogens is 1. The van der Waals surface area contributed by atoms with Crippen molar-refractivity contribution in [3.63, 3.8) is 0 Å². The largest absolute Gasteiger partial charge is 0.462 e. The van der Waals surface area contributed by atoms with Crippen LogP contribution in [0.3, 0.4) is 0 Å². The van der Waals surface area contributed by atoms with Gasteiger partial charge in [0, 0.05) is 0 Å². The van der Waals surface area contributed by atoms with Gasteiger partial charge >= 0.3 is 5.97 Å². The molecule has 0 aliphatic carbocycles. The molecule has 0 spiro atoms. The van der Waals surface area contributed by atoms with Gasteiger partial charge in [0.1, 0.15) is 5.00 Å². The van der Waals surface area contributed by atoms with Crippen LogP contribution in [0.1, 0.15) is 17.3 Å². The summed E-state index contributed by atoms with van der Waals surface area (Å²) in [5.74, 6) is -0.364. The summed E-state index contributed by atoms with van der Waals surface area (Å²) in [5.41, 5.74) is 6.00. The maximum atomic E-state index is 11.2. The van der Waals surface area contributed by atoms with Crippen molar-refractivity contribution in [3.8, 4) is 0 Å². The van der Waals surface area contributed by atoms with E-state index in [1.807, 2.05) is 0 Å². The van der Waals surface area contributed by atoms with Crippen molar-refractivity contribution in [1.82, 2.24) is 0 Å². The van der Waals surface area contributed by atoms with Gasteiger partial charge in [-0.25, -0.2) is 4.79 Å². The van der Waals surface area contributed by atoms with Crippen molar-refractivity contribution in [2.24, 2.45) is 0 Å². The fourth-order valence-electron chi connectivity index (χ4n) is 0.742. The monoisotopic (exact) mass is 249 g/mol. The number of carbonyl (C=O) groups excluding carboxylic acids is 1. The van der Waals surface area contributed by atoms with E-state index < -0.39 is 0 Å². The van der Waals surface area contributed by atoms with E-state index in [1.54, 1.807) is 13.0 Å². The Kier molecular flexibility index (Phi) is 3.11. The Bertz CT molecular complexity index is 298. The highest BCUT2D eigenvalue weighted by Gasteiger charge is 2.13. The standard InChI is InChI=1S/C7H8BrNO2S/c1-2-11-7(10)4-3-5(8)12-6(4)9/h3H,2,9H2,1H3. The Morgan fingerprint density at radius 3 is 2.92 bits per heavy atom. The molecule has 1 rings (SSSR count). The van der Waals surface area contributed by atoms with Crippen LogP contribution in [0.2, 0.25) is 0 Å². The second-order valence-corrected chi connectivity index (χ2v) is 4.51. The van der Waals surface area contributed by atoms with Crippen molar-refractivity contribution in [2.75, 3.05) is 12.3 Å². The van der Waals surface area contributed by atoms with Crippen LogP contribution in [-0.2, 0) is 4.74 Å². The van der Waals surface area contributed by atoms with Gasteiger partial charge in [0.05, 0.1) is 16.0 Å². The third-order valence-corrected chi connectivity index (χ3v) is 2.69. The van der Waals surface area contributed by atoms with Crippen molar-refractivity contribution in [2.45, 2.75) is 6.92 Å². The highest BCUT2D eigenvalue weighted by Crippen LogP contribution is 2.29. The molecule has 0 aliphatic heterocycles. The van der Waals surface area contributed by atoms with Crippen LogP contribution < -0.4 is 5.73 Å². The van der Waals surface area contributed by atoms with Gasteiger partial charge in [-0.2, -0.15) is 0 Å². The molecule has 5 heteroatoms. The number of nitrogen functional groups attached to an aromatic ring is 1. The predicted octanol–water partition coefficient (Wildman–Crippen LogP) is 2.27. The summed E-state index contributed by atoms with van der Waals surface area (Å²) in [5, 5.41) is 0.486. The average Bonchev–Trinajstić information content (AvgIpc) is 2.30. The second-order valence-electron chi connectivity index (χ2n) is 2.05. The van der Waals surface area contributed by atoms with E-state index in [0.717, 1.165) is 3.79 Å². The first-order chi connectivity index (χ1) is 5.65. The van der Waals surface area contributed by atoms with Crippen molar-refractivity contribution >= 4 is 38.2 Å². The number of nitrogens with two attached hydrogens (primary N) is 1. The summed E-state index contributed by atoms with van der Waals surface area (Å²) < 4.78 is 5.63. The summed E-state index contributed by atoms with van der Waals surface area (Å²) in [6, 6.07) is 1.66. The molecule has 0 saturated carbocycles. The number of carbonyl (C=O) groups is 1. The Labute approximate surface area is 82.6 Å². The summed E-state index contributed by atoms with van der Waals surface area (Å²) >= 11 is 4.55. The molecular formula is C7H8BrNO2S. The van der Waals surface area contributed by atoms with E-state index in [1.165, 1.54) is 11.3 Å². The van der Waals surface area contributed by atoms with Crippen LogP contribution in [0.25, 0.3) is 0 Å². The summed E-state index contributed by atoms with van der Waals surface area (Å²) in [7, 11) is 0. The minimum Gasteiger partial charge on any atom is -0.462 e. The van der Waals surface area contributed by atoms with Crippen molar-refractivity contribution in [3.05, 3.63) is 15.4 Å². The molecule has 0 saturated heterocycles. The second kappa shape index (κ2) is 3.91. The van der Waals surface area contributed by atoms with Crippen LogP contribution in [0, 0.1) is 0 Å². The topological polar surface area (TPSA) is 52.3 Å². The first-order valence-corrected chi connectivity index (χ1v) is 4.98. The summed E-state index contributed by atoms with van der Waals surface area (Å²) in [4.78, 5) is 11.2. The zero-order valence-electron chi connectivity index (χ0n) is 6.46. The van der Waals surface area contributed by atoms with Gasteiger partial charge in [-0.15, -0.1) is 11.3 Å². The first-order valence-electron chi connectivity index (χ1n) is 3.37. The number of ether oxygens (including phenoxy) is 1. The molecule has 0 atom stereocenters. The highest BCUT2D eigenvalue weighted by atomic mass is 79.9. The van der Waals surface area contributed by atoms with E-state index in [0.29, 0.717) is 17.2 Å². The Morgan fingerprint density at radius 1 is 1.83 bits per heavy atom. The zero-order chi connectivity index (χ0) is 9.14. The smallest absolute Gasteiger partial charge is 0.341 e. The van der Waals surface area contributed by atoms with Crippen LogP contribution in [0.5, 0.6) is 0 Å². The zero-order valence-corrected chi connectivity index (χ0v) is 8.87. The SMILES string of the molecule is CCOC(=O)c1cc(Br)sc1N. The van der Waals surface area contributed by atoms with E-state index >= 15 is 0 Å². The lowest BCUT2D eigenvalue weighted by Crippen LogP contribution is -2.05. The number of hydrogen-bond donors (Lipinski definition) is 1. The average molecular weight is 250 g/mol. The fraction of sp³-hybridized carbons (Fsp3) is 0.286. The number of esters is 1. The van der Waals surface area contributed by atoms with Gasteiger partial charge in [0.25, 0.3) is 0 Å². The van der Waals surface area contributed by atoms with Crippen LogP contribution >= 0.6 is 27.3 Å². The van der Waals surface area contributed by atoms with E-state index in [-0.39, 0.29) is 5.97 Å². The summed E-state index contributed by atoms with van der Waals surface area (Å²) in [6.45, 7) is 2.13. The normalized spacial score (nSPS) is 9.83. The van der Waals surface area contributed by atoms with Gasteiger partial charge in [0.2, 0.25) is 0 Å². The van der Waals surface area contributed by atoms with Gasteiger partial charge in [-0.05, 0) is 28.9 Å². The summed E-state index contributed by atoms with van der Waals surface area (Å²) in [6.07, 6.45) is 0. The van der Waals surface area contributed by atoms with E-state index in [4.69, 9.17) is 10.5 Å². The minimum absolute atomic E-state index is 0.364. The molecule has 0 aliphatic rings. The quantitative estimate of drug-likeness (QED) is 0.819. The maximum absolute atomic E-state index is 11.2. The number of thiophene rings is 1.